The lowest BCUT2D eigenvalue weighted by Crippen LogP contribution is -2.42. The Morgan fingerprint density at radius 2 is 1.69 bits per heavy atom. The van der Waals surface area contributed by atoms with E-state index >= 15 is 0 Å². The second kappa shape index (κ2) is 21.8. The summed E-state index contributed by atoms with van der Waals surface area (Å²) >= 11 is 0. The molecule has 14 heteroatoms. The summed E-state index contributed by atoms with van der Waals surface area (Å²) < 4.78 is 15.5. The summed E-state index contributed by atoms with van der Waals surface area (Å²) in [6.45, 7) is 6.81. The fourth-order valence-electron chi connectivity index (χ4n) is 6.96. The van der Waals surface area contributed by atoms with Crippen molar-refractivity contribution in [3.8, 4) is 22.6 Å². The van der Waals surface area contributed by atoms with Crippen LogP contribution in [-0.2, 0) is 24.4 Å². The Balaban J connectivity index is 1.18. The van der Waals surface area contributed by atoms with Gasteiger partial charge in [-0.3, -0.25) is 14.5 Å². The van der Waals surface area contributed by atoms with Crippen LogP contribution in [0.2, 0.25) is 0 Å². The third-order valence-electron chi connectivity index (χ3n) is 10.1. The van der Waals surface area contributed by atoms with Gasteiger partial charge in [-0.2, -0.15) is 0 Å². The number of aliphatic imine (C=N–C) groups is 1. The predicted octanol–water partition coefficient (Wildman–Crippen LogP) is 5.57. The quantitative estimate of drug-likeness (QED) is 0.0422. The first-order chi connectivity index (χ1) is 26.7. The van der Waals surface area contributed by atoms with Gasteiger partial charge in [0.25, 0.3) is 0 Å². The van der Waals surface area contributed by atoms with Gasteiger partial charge in [0.15, 0.2) is 5.96 Å². The van der Waals surface area contributed by atoms with Crippen LogP contribution in [0.3, 0.4) is 0 Å². The van der Waals surface area contributed by atoms with Gasteiger partial charge in [-0.25, -0.2) is 4.68 Å². The Bertz CT molecular complexity index is 1740. The largest absolute Gasteiger partial charge is 0.494 e. The minimum Gasteiger partial charge on any atom is -0.494 e. The molecule has 1 amide bonds. The lowest BCUT2D eigenvalue weighted by atomic mass is 9.86. The van der Waals surface area contributed by atoms with E-state index in [0.717, 1.165) is 60.4 Å². The number of carbonyl (C=O) groups excluding carboxylic acids is 1. The molecule has 4 aromatic rings. The van der Waals surface area contributed by atoms with Crippen molar-refractivity contribution in [2.75, 3.05) is 19.7 Å². The zero-order chi connectivity index (χ0) is 38.8. The average Bonchev–Trinajstić information content (AvgIpc) is 3.84. The number of unbranched alkanes of at least 4 members (excludes halogenated alkanes) is 1. The first kappa shape index (κ1) is 41.2. The molecule has 1 saturated carbocycles. The average molecular weight is 756 g/mol. The number of ether oxygens (including phenoxy) is 2. The Morgan fingerprint density at radius 1 is 0.891 bits per heavy atom. The van der Waals surface area contributed by atoms with Crippen LogP contribution < -0.4 is 32.0 Å². The number of nitrogens with one attached hydrogen (secondary N) is 1. The molecule has 7 N–H and O–H groups in total. The van der Waals surface area contributed by atoms with Gasteiger partial charge in [0.05, 0.1) is 25.0 Å². The Hall–Kier alpha value is -4.98. The number of guanidine groups is 1. The molecule has 0 radical (unpaired) electrons. The van der Waals surface area contributed by atoms with Gasteiger partial charge in [0.1, 0.15) is 29.8 Å². The summed E-state index contributed by atoms with van der Waals surface area (Å²) in [6, 6.07) is 15.4. The van der Waals surface area contributed by atoms with Gasteiger partial charge >= 0.3 is 0 Å². The maximum Gasteiger partial charge on any atom is 0.245 e. The Kier molecular flexibility index (Phi) is 16.3. The van der Waals surface area contributed by atoms with Crippen LogP contribution in [0.5, 0.6) is 11.5 Å². The first-order valence-electron chi connectivity index (χ1n) is 20.1. The minimum absolute atomic E-state index is 0.0344. The molecule has 5 rings (SSSR count). The highest BCUT2D eigenvalue weighted by atomic mass is 16.5. The van der Waals surface area contributed by atoms with Gasteiger partial charge < -0.3 is 32.0 Å². The van der Waals surface area contributed by atoms with Crippen molar-refractivity contribution in [1.29, 1.82) is 0 Å². The summed E-state index contributed by atoms with van der Waals surface area (Å²) in [4.78, 5) is 18.1. The summed E-state index contributed by atoms with van der Waals surface area (Å²) in [6.07, 6.45) is 15.5. The van der Waals surface area contributed by atoms with Crippen molar-refractivity contribution in [3.05, 3.63) is 72.3 Å². The van der Waals surface area contributed by atoms with E-state index in [4.69, 9.17) is 26.7 Å². The molecule has 0 saturated heterocycles. The van der Waals surface area contributed by atoms with Gasteiger partial charge in [0.2, 0.25) is 5.91 Å². The first-order valence-corrected chi connectivity index (χ1v) is 20.1. The monoisotopic (exact) mass is 755 g/mol. The van der Waals surface area contributed by atoms with Crippen LogP contribution >= 0.6 is 0 Å². The van der Waals surface area contributed by atoms with E-state index in [9.17, 15) is 4.79 Å². The SMILES string of the molecule is CC(C)CCOc1cccc(-c2ccc(OCc3cn(C[C@@H](CCCCN)NC(=O)[C@@H](CCCN=C(N)N)n4cc(CC5CCCCC5)nn4)nn3)cc2)c1. The summed E-state index contributed by atoms with van der Waals surface area (Å²) in [7, 11) is 0. The van der Waals surface area contributed by atoms with Crippen LogP contribution in [0.15, 0.2) is 65.9 Å². The van der Waals surface area contributed by atoms with Crippen LogP contribution in [0.25, 0.3) is 11.1 Å². The highest BCUT2D eigenvalue weighted by Crippen LogP contribution is 2.28. The van der Waals surface area contributed by atoms with Crippen LogP contribution in [0, 0.1) is 11.8 Å². The van der Waals surface area contributed by atoms with E-state index in [1.807, 2.05) is 48.8 Å². The van der Waals surface area contributed by atoms with E-state index in [2.05, 4.69) is 56.9 Å². The molecule has 55 heavy (non-hydrogen) atoms. The molecule has 1 aliphatic carbocycles. The highest BCUT2D eigenvalue weighted by molar-refractivity contribution is 5.80. The number of amides is 1. The summed E-state index contributed by atoms with van der Waals surface area (Å²) in [5.41, 5.74) is 20.7. The predicted molar refractivity (Wildman–Crippen MR) is 215 cm³/mol. The van der Waals surface area contributed by atoms with Gasteiger partial charge in [-0.05, 0) is 92.3 Å². The number of nitrogens with two attached hydrogens (primary N) is 3. The molecular formula is C41H61N11O3. The number of hydrogen-bond acceptors (Lipinski definition) is 9. The molecule has 14 nitrogen and oxygen atoms in total. The number of benzene rings is 2. The molecule has 298 valence electrons. The molecule has 0 unspecified atom stereocenters. The highest BCUT2D eigenvalue weighted by Gasteiger charge is 2.26. The molecule has 2 aromatic carbocycles. The summed E-state index contributed by atoms with van der Waals surface area (Å²) in [5, 5.41) is 20.9. The topological polar surface area (TPSA) is 199 Å². The van der Waals surface area contributed by atoms with Gasteiger partial charge in [0, 0.05) is 18.8 Å². The van der Waals surface area contributed by atoms with Crippen molar-refractivity contribution in [3.63, 3.8) is 0 Å². The Morgan fingerprint density at radius 3 is 2.45 bits per heavy atom. The second-order valence-electron chi connectivity index (χ2n) is 15.2. The number of rotatable bonds is 23. The van der Waals surface area contributed by atoms with E-state index in [-0.39, 0.29) is 24.5 Å². The van der Waals surface area contributed by atoms with Crippen molar-refractivity contribution in [2.24, 2.45) is 34.0 Å². The third kappa shape index (κ3) is 14.0. The fraction of sp³-hybridized carbons (Fsp3) is 0.561. The van der Waals surface area contributed by atoms with Crippen LogP contribution in [-0.4, -0.2) is 67.6 Å². The lowest BCUT2D eigenvalue weighted by Gasteiger charge is -2.23. The lowest BCUT2D eigenvalue weighted by molar-refractivity contribution is -0.125. The standard InChI is InChI=1S/C41H61N11O3/c1-30(2)20-23-54-38-14-8-12-33(25-38)32-16-18-37(19-17-32)55-29-36-27-51(49-48-36)26-34(13-6-7-21-42)46-40(53)39(15-9-22-45-41(43)44)52-28-35(47-50-52)24-31-10-4-3-5-11-31/h8,12,14,16-19,25,27-28,30-31,34,39H,3-7,9-11,13,15,20-24,26,29,42H2,1-2H3,(H,46,53)(H4,43,44,45)/t34-,39-/m1/s1. The number of aromatic nitrogens is 6. The second-order valence-corrected chi connectivity index (χ2v) is 15.2. The molecule has 0 aliphatic heterocycles. The molecule has 2 atom stereocenters. The third-order valence-corrected chi connectivity index (χ3v) is 10.1. The van der Waals surface area contributed by atoms with E-state index in [1.165, 1.54) is 32.1 Å². The molecule has 1 fully saturated rings. The van der Waals surface area contributed by atoms with Gasteiger partial charge in [-0.1, -0.05) is 87.1 Å². The molecule has 2 aromatic heterocycles. The van der Waals surface area contributed by atoms with Crippen LogP contribution in [0.1, 0.15) is 102 Å². The fourth-order valence-corrected chi connectivity index (χ4v) is 6.96. The normalized spacial score (nSPS) is 14.4. The minimum atomic E-state index is -0.558. The zero-order valence-electron chi connectivity index (χ0n) is 32.7. The number of nitrogens with zero attached hydrogens (tertiary/aromatic N) is 7. The molecule has 2 heterocycles. The molecule has 0 spiro atoms. The maximum atomic E-state index is 14.0. The van der Waals surface area contributed by atoms with Gasteiger partial charge in [-0.15, -0.1) is 10.2 Å². The van der Waals surface area contributed by atoms with Crippen LogP contribution in [0.4, 0.5) is 0 Å². The zero-order valence-corrected chi connectivity index (χ0v) is 32.7. The maximum absolute atomic E-state index is 14.0. The van der Waals surface area contributed by atoms with E-state index in [1.54, 1.807) is 9.36 Å². The molecular weight excluding hydrogens is 695 g/mol. The summed E-state index contributed by atoms with van der Waals surface area (Å²) in [5.74, 6) is 2.73. The number of hydrogen-bond donors (Lipinski definition) is 4. The van der Waals surface area contributed by atoms with Crippen molar-refractivity contribution in [2.45, 2.75) is 116 Å². The van der Waals surface area contributed by atoms with Crippen molar-refractivity contribution < 1.29 is 14.3 Å². The van der Waals surface area contributed by atoms with E-state index in [0.29, 0.717) is 56.6 Å². The van der Waals surface area contributed by atoms with Crippen molar-refractivity contribution >= 4 is 11.9 Å². The number of carbonyl (C=O) groups is 1. The molecule has 0 bridgehead atoms. The van der Waals surface area contributed by atoms with E-state index < -0.39 is 6.04 Å². The molecule has 1 aliphatic rings. The smallest absolute Gasteiger partial charge is 0.245 e. The Labute approximate surface area is 325 Å². The van der Waals surface area contributed by atoms with Crippen molar-refractivity contribution in [1.82, 2.24) is 35.3 Å².